The first-order valence-electron chi connectivity index (χ1n) is 5.40. The summed E-state index contributed by atoms with van der Waals surface area (Å²) >= 11 is 0. The highest BCUT2D eigenvalue weighted by molar-refractivity contribution is 5.49. The largest absolute Gasteiger partial charge is 0.207 e. The number of halogens is 2. The van der Waals surface area contributed by atoms with Gasteiger partial charge in [0.2, 0.25) is 0 Å². The van der Waals surface area contributed by atoms with Crippen LogP contribution in [-0.4, -0.2) is 0 Å². The molecule has 2 rings (SSSR count). The zero-order chi connectivity index (χ0) is 12.1. The van der Waals surface area contributed by atoms with Crippen LogP contribution in [-0.2, 0) is 6.42 Å². The molecule has 0 saturated carbocycles. The summed E-state index contributed by atoms with van der Waals surface area (Å²) in [5, 5.41) is 0. The van der Waals surface area contributed by atoms with E-state index in [-0.39, 0.29) is 11.6 Å². The lowest BCUT2D eigenvalue weighted by Gasteiger charge is -1.96. The summed E-state index contributed by atoms with van der Waals surface area (Å²) in [6, 6.07) is 12.7. The highest BCUT2D eigenvalue weighted by Crippen LogP contribution is 2.07. The molecule has 0 radical (unpaired) electrons. The Hall–Kier alpha value is -1.96. The van der Waals surface area contributed by atoms with Crippen LogP contribution in [0.2, 0.25) is 0 Å². The molecule has 0 saturated heterocycles. The molecule has 0 aliphatic carbocycles. The van der Waals surface area contributed by atoms with Crippen LogP contribution in [0.15, 0.2) is 54.6 Å². The van der Waals surface area contributed by atoms with Gasteiger partial charge in [-0.25, -0.2) is 8.78 Å². The molecule has 0 N–H and O–H groups in total. The van der Waals surface area contributed by atoms with Gasteiger partial charge in [0.15, 0.2) is 0 Å². The number of hydrogen-bond acceptors (Lipinski definition) is 0. The van der Waals surface area contributed by atoms with Gasteiger partial charge in [-0.15, -0.1) is 0 Å². The molecule has 0 aliphatic heterocycles. The maximum absolute atomic E-state index is 12.7. The summed E-state index contributed by atoms with van der Waals surface area (Å²) in [7, 11) is 0. The van der Waals surface area contributed by atoms with Crippen molar-refractivity contribution in [3.8, 4) is 0 Å². The van der Waals surface area contributed by atoms with E-state index in [2.05, 4.69) is 0 Å². The Morgan fingerprint density at radius 1 is 0.765 bits per heavy atom. The van der Waals surface area contributed by atoms with Crippen molar-refractivity contribution in [2.45, 2.75) is 6.42 Å². The summed E-state index contributed by atoms with van der Waals surface area (Å²) in [6.45, 7) is 0. The molecule has 0 bridgehead atoms. The monoisotopic (exact) mass is 230 g/mol. The van der Waals surface area contributed by atoms with Crippen molar-refractivity contribution < 1.29 is 8.78 Å². The quantitative estimate of drug-likeness (QED) is 0.740. The zero-order valence-electron chi connectivity index (χ0n) is 9.24. The fourth-order valence-electron chi connectivity index (χ4n) is 1.53. The number of hydrogen-bond donors (Lipinski definition) is 0. The van der Waals surface area contributed by atoms with E-state index in [0.717, 1.165) is 17.5 Å². The number of benzene rings is 2. The van der Waals surface area contributed by atoms with Crippen LogP contribution in [0.5, 0.6) is 0 Å². The van der Waals surface area contributed by atoms with Crippen molar-refractivity contribution in [2.75, 3.05) is 0 Å². The maximum Gasteiger partial charge on any atom is 0.123 e. The Kier molecular flexibility index (Phi) is 3.66. The van der Waals surface area contributed by atoms with Crippen molar-refractivity contribution in [1.82, 2.24) is 0 Å². The summed E-state index contributed by atoms with van der Waals surface area (Å²) in [4.78, 5) is 0. The second kappa shape index (κ2) is 5.39. The molecule has 2 aromatic carbocycles. The normalized spacial score (nSPS) is 10.9. The molecule has 0 atom stereocenters. The van der Waals surface area contributed by atoms with Crippen LogP contribution >= 0.6 is 0 Å². The Balaban J connectivity index is 1.97. The van der Waals surface area contributed by atoms with E-state index < -0.39 is 0 Å². The van der Waals surface area contributed by atoms with Gasteiger partial charge in [-0.1, -0.05) is 36.4 Å². The first-order valence-corrected chi connectivity index (χ1v) is 5.40. The molecule has 17 heavy (non-hydrogen) atoms. The lowest BCUT2D eigenvalue weighted by atomic mass is 10.1. The van der Waals surface area contributed by atoms with Gasteiger partial charge in [0.05, 0.1) is 0 Å². The zero-order valence-corrected chi connectivity index (χ0v) is 9.24. The molecule has 2 aromatic rings. The van der Waals surface area contributed by atoms with Gasteiger partial charge in [-0.2, -0.15) is 0 Å². The topological polar surface area (TPSA) is 0 Å². The molecule has 0 spiro atoms. The van der Waals surface area contributed by atoms with Gasteiger partial charge in [0, 0.05) is 0 Å². The van der Waals surface area contributed by atoms with Crippen molar-refractivity contribution in [3.63, 3.8) is 0 Å². The van der Waals surface area contributed by atoms with Gasteiger partial charge in [-0.3, -0.25) is 0 Å². The van der Waals surface area contributed by atoms with Crippen LogP contribution in [0, 0.1) is 11.6 Å². The minimum atomic E-state index is -0.235. The third-order valence-corrected chi connectivity index (χ3v) is 2.45. The van der Waals surface area contributed by atoms with E-state index in [4.69, 9.17) is 0 Å². The second-order valence-corrected chi connectivity index (χ2v) is 3.78. The van der Waals surface area contributed by atoms with Gasteiger partial charge in [-0.05, 0) is 41.8 Å². The fourth-order valence-corrected chi connectivity index (χ4v) is 1.53. The second-order valence-electron chi connectivity index (χ2n) is 3.78. The van der Waals surface area contributed by atoms with Crippen LogP contribution < -0.4 is 0 Å². The number of allylic oxidation sites excluding steroid dienone is 1. The lowest BCUT2D eigenvalue weighted by Crippen LogP contribution is -1.81. The molecule has 0 amide bonds. The molecule has 0 heterocycles. The molecule has 0 unspecified atom stereocenters. The summed E-state index contributed by atoms with van der Waals surface area (Å²) < 4.78 is 25.3. The third-order valence-electron chi connectivity index (χ3n) is 2.45. The van der Waals surface area contributed by atoms with Gasteiger partial charge in [0.1, 0.15) is 11.6 Å². The Morgan fingerprint density at radius 2 is 1.29 bits per heavy atom. The number of rotatable bonds is 3. The molecule has 86 valence electrons. The average molecular weight is 230 g/mol. The van der Waals surface area contributed by atoms with E-state index >= 15 is 0 Å². The minimum Gasteiger partial charge on any atom is -0.207 e. The SMILES string of the molecule is Fc1ccc(/C=C/Cc2ccc(F)cc2)cc1. The van der Waals surface area contributed by atoms with E-state index in [1.807, 2.05) is 12.2 Å². The summed E-state index contributed by atoms with van der Waals surface area (Å²) in [5.41, 5.74) is 2.00. The van der Waals surface area contributed by atoms with Gasteiger partial charge < -0.3 is 0 Å². The first-order chi connectivity index (χ1) is 8.24. The summed E-state index contributed by atoms with van der Waals surface area (Å²) in [5.74, 6) is -0.461. The fraction of sp³-hybridized carbons (Fsp3) is 0.0667. The predicted octanol–water partition coefficient (Wildman–Crippen LogP) is 4.22. The first kappa shape index (κ1) is 11.5. The smallest absolute Gasteiger partial charge is 0.123 e. The Labute approximate surface area is 99.2 Å². The van der Waals surface area contributed by atoms with E-state index in [9.17, 15) is 8.78 Å². The van der Waals surface area contributed by atoms with Gasteiger partial charge >= 0.3 is 0 Å². The Bertz CT molecular complexity index is 495. The highest BCUT2D eigenvalue weighted by atomic mass is 19.1. The van der Waals surface area contributed by atoms with Crippen LogP contribution in [0.3, 0.4) is 0 Å². The molecule has 0 nitrogen and oxygen atoms in total. The molecular formula is C15H12F2. The van der Waals surface area contributed by atoms with E-state index in [1.54, 1.807) is 24.3 Å². The molecular weight excluding hydrogens is 218 g/mol. The van der Waals surface area contributed by atoms with Crippen molar-refractivity contribution in [2.24, 2.45) is 0 Å². The lowest BCUT2D eigenvalue weighted by molar-refractivity contribution is 0.627. The van der Waals surface area contributed by atoms with Crippen molar-refractivity contribution >= 4 is 6.08 Å². The standard InChI is InChI=1S/C15H12F2/c16-14-8-4-12(5-9-14)2-1-3-13-6-10-15(17)11-7-13/h1-2,4-11H,3H2/b2-1+. The van der Waals surface area contributed by atoms with Crippen molar-refractivity contribution in [1.29, 1.82) is 0 Å². The van der Waals surface area contributed by atoms with Crippen LogP contribution in [0.1, 0.15) is 11.1 Å². The Morgan fingerprint density at radius 3 is 1.88 bits per heavy atom. The molecule has 0 fully saturated rings. The van der Waals surface area contributed by atoms with E-state index in [0.29, 0.717) is 0 Å². The highest BCUT2D eigenvalue weighted by Gasteiger charge is 1.92. The van der Waals surface area contributed by atoms with Gasteiger partial charge in [0.25, 0.3) is 0 Å². The van der Waals surface area contributed by atoms with Crippen LogP contribution in [0.4, 0.5) is 8.78 Å². The minimum absolute atomic E-state index is 0.226. The molecule has 0 aromatic heterocycles. The van der Waals surface area contributed by atoms with Crippen molar-refractivity contribution in [3.05, 3.63) is 77.4 Å². The van der Waals surface area contributed by atoms with E-state index in [1.165, 1.54) is 24.3 Å². The predicted molar refractivity (Wildman–Crippen MR) is 65.5 cm³/mol. The molecule has 0 aliphatic rings. The maximum atomic E-state index is 12.7. The molecule has 2 heteroatoms. The van der Waals surface area contributed by atoms with Crippen LogP contribution in [0.25, 0.3) is 6.08 Å². The third kappa shape index (κ3) is 3.52. The summed E-state index contributed by atoms with van der Waals surface area (Å²) in [6.07, 6.45) is 4.63. The average Bonchev–Trinajstić information content (AvgIpc) is 2.34.